The van der Waals surface area contributed by atoms with Crippen LogP contribution in [-0.4, -0.2) is 71.8 Å². The molecule has 0 spiro atoms. The number of anilines is 2. The summed E-state index contributed by atoms with van der Waals surface area (Å²) in [6.45, 7) is 6.98. The van der Waals surface area contributed by atoms with Crippen LogP contribution in [0, 0.1) is 18.3 Å². The van der Waals surface area contributed by atoms with E-state index in [9.17, 15) is 23.3 Å². The Kier molecular flexibility index (Phi) is 8.08. The predicted octanol–water partition coefficient (Wildman–Crippen LogP) is 3.15. The van der Waals surface area contributed by atoms with Gasteiger partial charge in [0.2, 0.25) is 0 Å². The first-order valence-electron chi connectivity index (χ1n) is 13.3. The molecular weight excluding hydrogens is 567 g/mol. The second kappa shape index (κ2) is 11.4. The van der Waals surface area contributed by atoms with Crippen molar-refractivity contribution in [1.29, 1.82) is 5.26 Å². The lowest BCUT2D eigenvalue weighted by Crippen LogP contribution is -2.48. The summed E-state index contributed by atoms with van der Waals surface area (Å²) in [6.07, 6.45) is 2.80. The number of benzene rings is 1. The Hall–Kier alpha value is -3.14. The first-order chi connectivity index (χ1) is 19.1. The van der Waals surface area contributed by atoms with E-state index in [1.807, 2.05) is 25.1 Å². The predicted molar refractivity (Wildman–Crippen MR) is 163 cm³/mol. The molecule has 0 saturated carbocycles. The molecule has 40 heavy (non-hydrogen) atoms. The maximum absolute atomic E-state index is 13.5. The fraction of sp³-hybridized carbons (Fsp3) is 0.429. The molecule has 210 valence electrons. The number of hydrogen-bond acceptors (Lipinski definition) is 9. The van der Waals surface area contributed by atoms with Gasteiger partial charge >= 0.3 is 0 Å². The van der Waals surface area contributed by atoms with Crippen molar-refractivity contribution >= 4 is 61.6 Å². The normalized spacial score (nSPS) is 21.9. The van der Waals surface area contributed by atoms with Gasteiger partial charge in [0.15, 0.2) is 9.84 Å². The third-order valence-electron chi connectivity index (χ3n) is 7.67. The number of carbonyl (C=O) groups excluding carboxylic acids is 1. The molecule has 1 aromatic carbocycles. The van der Waals surface area contributed by atoms with Gasteiger partial charge in [0, 0.05) is 44.0 Å². The third-order valence-corrected chi connectivity index (χ3v) is 10.7. The zero-order chi connectivity index (χ0) is 28.6. The number of nitrogens with zero attached hydrogens (tertiary/aromatic N) is 5. The molecule has 1 aromatic heterocycles. The van der Waals surface area contributed by atoms with Gasteiger partial charge in [-0.05, 0) is 43.5 Å². The van der Waals surface area contributed by atoms with E-state index in [-0.39, 0.29) is 28.5 Å². The van der Waals surface area contributed by atoms with Gasteiger partial charge in [-0.15, -0.1) is 0 Å². The fourth-order valence-corrected chi connectivity index (χ4v) is 8.72. The summed E-state index contributed by atoms with van der Waals surface area (Å²) in [5.74, 6) is 0.315. The highest BCUT2D eigenvalue weighted by Gasteiger charge is 2.42. The molecule has 3 saturated heterocycles. The van der Waals surface area contributed by atoms with Crippen molar-refractivity contribution in [3.8, 4) is 6.07 Å². The summed E-state index contributed by atoms with van der Waals surface area (Å²) in [5, 5.41) is 9.91. The summed E-state index contributed by atoms with van der Waals surface area (Å²) < 4.78 is 26.2. The van der Waals surface area contributed by atoms with Crippen molar-refractivity contribution in [2.45, 2.75) is 39.3 Å². The number of amides is 1. The molecule has 1 atom stereocenters. The second-order valence-electron chi connectivity index (χ2n) is 10.2. The molecule has 12 heteroatoms. The van der Waals surface area contributed by atoms with Crippen LogP contribution in [0.1, 0.15) is 36.5 Å². The fourth-order valence-electron chi connectivity index (χ4n) is 5.64. The number of nitriles is 1. The molecule has 0 bridgehead atoms. The standard InChI is InChI=1S/C28H31N5O4S3/c1-3-10-32-25(31-13-11-30(12-14-31)20-7-5-4-6-8-20)22(19(2)23(17-29)26(32)34)16-24-27(35)33(28(38)39-24)21-9-15-40(36,37)18-21/h4-8,16,21H,3,9-15,18H2,1-2H3/b24-16+. The van der Waals surface area contributed by atoms with E-state index in [0.717, 1.165) is 30.5 Å². The van der Waals surface area contributed by atoms with E-state index in [1.165, 1.54) is 4.90 Å². The maximum atomic E-state index is 13.5. The quantitative estimate of drug-likeness (QED) is 0.367. The topological polar surface area (TPSA) is 107 Å². The number of pyridine rings is 1. The Morgan fingerprint density at radius 3 is 2.40 bits per heavy atom. The van der Waals surface area contributed by atoms with E-state index >= 15 is 0 Å². The lowest BCUT2D eigenvalue weighted by Gasteiger charge is -2.39. The monoisotopic (exact) mass is 597 g/mol. The van der Waals surface area contributed by atoms with Crippen LogP contribution in [-0.2, 0) is 21.2 Å². The summed E-state index contributed by atoms with van der Waals surface area (Å²) in [6, 6.07) is 11.8. The van der Waals surface area contributed by atoms with Crippen molar-refractivity contribution in [3.05, 3.63) is 62.3 Å². The lowest BCUT2D eigenvalue weighted by atomic mass is 10.0. The molecule has 3 aliphatic heterocycles. The SMILES string of the molecule is CCCn1c(N2CCN(c3ccccc3)CC2)c(/C=C2/SC(=S)N(C3CCS(=O)(=O)C3)C2=O)c(C)c(C#N)c1=O. The Morgan fingerprint density at radius 2 is 1.80 bits per heavy atom. The largest absolute Gasteiger partial charge is 0.368 e. The van der Waals surface area contributed by atoms with Gasteiger partial charge in [-0.25, -0.2) is 8.42 Å². The van der Waals surface area contributed by atoms with Crippen molar-refractivity contribution < 1.29 is 13.2 Å². The zero-order valence-corrected chi connectivity index (χ0v) is 24.9. The highest BCUT2D eigenvalue weighted by molar-refractivity contribution is 8.26. The van der Waals surface area contributed by atoms with Gasteiger partial charge < -0.3 is 9.80 Å². The number of hydrogen-bond donors (Lipinski definition) is 0. The van der Waals surface area contributed by atoms with Crippen molar-refractivity contribution in [1.82, 2.24) is 9.47 Å². The minimum Gasteiger partial charge on any atom is -0.368 e. The molecule has 0 radical (unpaired) electrons. The molecule has 2 aromatic rings. The Bertz CT molecular complexity index is 1590. The van der Waals surface area contributed by atoms with E-state index in [1.54, 1.807) is 17.6 Å². The first kappa shape index (κ1) is 28.4. The van der Waals surface area contributed by atoms with Gasteiger partial charge in [0.05, 0.1) is 22.5 Å². The Labute approximate surface area is 244 Å². The number of piperazine rings is 1. The first-order valence-corrected chi connectivity index (χ1v) is 16.4. The van der Waals surface area contributed by atoms with E-state index in [0.29, 0.717) is 58.6 Å². The molecular formula is C28H31N5O4S3. The van der Waals surface area contributed by atoms with Crippen LogP contribution in [0.15, 0.2) is 40.0 Å². The highest BCUT2D eigenvalue weighted by atomic mass is 32.2. The molecule has 0 N–H and O–H groups in total. The average Bonchev–Trinajstić information content (AvgIpc) is 3.44. The van der Waals surface area contributed by atoms with E-state index in [4.69, 9.17) is 12.2 Å². The Morgan fingerprint density at radius 1 is 1.12 bits per heavy atom. The number of sulfone groups is 1. The number of para-hydroxylation sites is 1. The number of rotatable bonds is 6. The summed E-state index contributed by atoms with van der Waals surface area (Å²) >= 11 is 6.66. The van der Waals surface area contributed by atoms with Gasteiger partial charge in [-0.2, -0.15) is 5.26 Å². The number of thioether (sulfide) groups is 1. The summed E-state index contributed by atoms with van der Waals surface area (Å²) in [5.41, 5.74) is 2.04. The van der Waals surface area contributed by atoms with Gasteiger partial charge in [0.1, 0.15) is 21.8 Å². The van der Waals surface area contributed by atoms with E-state index in [2.05, 4.69) is 28.0 Å². The molecule has 4 heterocycles. The van der Waals surface area contributed by atoms with Crippen molar-refractivity contribution in [2.75, 3.05) is 47.5 Å². The summed E-state index contributed by atoms with van der Waals surface area (Å²) in [4.78, 5) is 33.3. The number of thiocarbonyl (C=S) groups is 1. The number of aromatic nitrogens is 1. The number of carbonyl (C=O) groups is 1. The van der Waals surface area contributed by atoms with Crippen molar-refractivity contribution in [3.63, 3.8) is 0 Å². The lowest BCUT2D eigenvalue weighted by molar-refractivity contribution is -0.123. The molecule has 0 aliphatic carbocycles. The maximum Gasteiger partial charge on any atom is 0.270 e. The van der Waals surface area contributed by atoms with Gasteiger partial charge in [0.25, 0.3) is 11.5 Å². The van der Waals surface area contributed by atoms with Crippen LogP contribution in [0.5, 0.6) is 0 Å². The van der Waals surface area contributed by atoms with Crippen LogP contribution in [0.3, 0.4) is 0 Å². The smallest absolute Gasteiger partial charge is 0.270 e. The third kappa shape index (κ3) is 5.30. The molecule has 1 amide bonds. The van der Waals surface area contributed by atoms with Crippen LogP contribution in [0.2, 0.25) is 0 Å². The van der Waals surface area contributed by atoms with Crippen LogP contribution < -0.4 is 15.4 Å². The molecule has 5 rings (SSSR count). The zero-order valence-electron chi connectivity index (χ0n) is 22.5. The highest BCUT2D eigenvalue weighted by Crippen LogP contribution is 2.38. The molecule has 1 unspecified atom stereocenters. The van der Waals surface area contributed by atoms with Crippen LogP contribution in [0.25, 0.3) is 6.08 Å². The van der Waals surface area contributed by atoms with Crippen molar-refractivity contribution in [2.24, 2.45) is 0 Å². The van der Waals surface area contributed by atoms with Gasteiger partial charge in [-0.3, -0.25) is 19.1 Å². The second-order valence-corrected chi connectivity index (χ2v) is 14.1. The average molecular weight is 598 g/mol. The van der Waals surface area contributed by atoms with E-state index < -0.39 is 15.9 Å². The minimum atomic E-state index is -3.20. The molecule has 9 nitrogen and oxygen atoms in total. The minimum absolute atomic E-state index is 0.0412. The van der Waals surface area contributed by atoms with Gasteiger partial charge in [-0.1, -0.05) is 49.1 Å². The molecule has 3 fully saturated rings. The van der Waals surface area contributed by atoms with Crippen LogP contribution in [0.4, 0.5) is 11.5 Å². The van der Waals surface area contributed by atoms with Crippen LogP contribution >= 0.6 is 24.0 Å². The molecule has 3 aliphatic rings. The Balaban J connectivity index is 1.55. The summed E-state index contributed by atoms with van der Waals surface area (Å²) in [7, 11) is -3.20.